The highest BCUT2D eigenvalue weighted by Gasteiger charge is 2.38. The van der Waals surface area contributed by atoms with Gasteiger partial charge in [0.05, 0.1) is 4.90 Å². The number of carbonyl (C=O) groups is 2. The maximum Gasteiger partial charge on any atom is 0.243 e. The Bertz CT molecular complexity index is 953. The zero-order valence-corrected chi connectivity index (χ0v) is 19.7. The number of hydrogen-bond donors (Lipinski definition) is 1. The van der Waals surface area contributed by atoms with E-state index in [2.05, 4.69) is 10.2 Å². The summed E-state index contributed by atoms with van der Waals surface area (Å²) in [5.74, 6) is -0.402. The highest BCUT2D eigenvalue weighted by molar-refractivity contribution is 7.89. The predicted molar refractivity (Wildman–Crippen MR) is 123 cm³/mol. The molecule has 0 aliphatic carbocycles. The van der Waals surface area contributed by atoms with Gasteiger partial charge in [-0.25, -0.2) is 8.42 Å². The Labute approximate surface area is 191 Å². The Kier molecular flexibility index (Phi) is 7.17. The summed E-state index contributed by atoms with van der Waals surface area (Å²) < 4.78 is 27.7. The Morgan fingerprint density at radius 2 is 1.66 bits per heavy atom. The minimum absolute atomic E-state index is 0.186. The first-order valence-electron chi connectivity index (χ1n) is 11.8. The molecule has 0 aromatic heterocycles. The van der Waals surface area contributed by atoms with E-state index in [1.165, 1.54) is 31.1 Å². The summed E-state index contributed by atoms with van der Waals surface area (Å²) in [7, 11) is -3.56. The number of likely N-dealkylation sites (tertiary alicyclic amines) is 1. The molecule has 1 unspecified atom stereocenters. The van der Waals surface area contributed by atoms with Gasteiger partial charge in [-0.1, -0.05) is 12.8 Å². The first-order valence-corrected chi connectivity index (χ1v) is 13.2. The van der Waals surface area contributed by atoms with E-state index in [-0.39, 0.29) is 16.7 Å². The highest BCUT2D eigenvalue weighted by atomic mass is 32.2. The van der Waals surface area contributed by atoms with Crippen molar-refractivity contribution in [1.82, 2.24) is 14.5 Å². The Hall–Kier alpha value is -1.97. The summed E-state index contributed by atoms with van der Waals surface area (Å²) in [5, 5.41) is 2.99. The molecule has 0 saturated carbocycles. The topological polar surface area (TPSA) is 90.0 Å². The van der Waals surface area contributed by atoms with Crippen LogP contribution in [0.3, 0.4) is 0 Å². The number of carbonyl (C=O) groups excluding carboxylic acids is 2. The number of nitrogens with one attached hydrogen (secondary N) is 1. The third kappa shape index (κ3) is 4.84. The van der Waals surface area contributed by atoms with Gasteiger partial charge in [-0.3, -0.25) is 14.5 Å². The van der Waals surface area contributed by atoms with Gasteiger partial charge in [0, 0.05) is 45.2 Å². The molecule has 2 fully saturated rings. The fraction of sp³-hybridized carbons (Fsp3) is 0.652. The van der Waals surface area contributed by atoms with Crippen molar-refractivity contribution < 1.29 is 18.0 Å². The van der Waals surface area contributed by atoms with Crippen LogP contribution in [0.25, 0.3) is 0 Å². The van der Waals surface area contributed by atoms with E-state index in [0.29, 0.717) is 31.7 Å². The van der Waals surface area contributed by atoms with Crippen LogP contribution in [0, 0.1) is 0 Å². The SMILES string of the molecule is CC(=O)N1c2ccc(S(=O)(=O)N3CCCCC3)cc2CC1C(=O)NCCN1CCCCC1. The summed E-state index contributed by atoms with van der Waals surface area (Å²) in [5.41, 5.74) is 1.36. The zero-order chi connectivity index (χ0) is 22.7. The maximum atomic E-state index is 13.1. The molecule has 0 radical (unpaired) electrons. The Balaban J connectivity index is 1.46. The van der Waals surface area contributed by atoms with Crippen molar-refractivity contribution in [2.24, 2.45) is 0 Å². The fourth-order valence-corrected chi connectivity index (χ4v) is 6.65. The van der Waals surface area contributed by atoms with E-state index >= 15 is 0 Å². The molecule has 1 aromatic carbocycles. The second-order valence-electron chi connectivity index (χ2n) is 9.06. The van der Waals surface area contributed by atoms with E-state index < -0.39 is 16.1 Å². The second-order valence-corrected chi connectivity index (χ2v) is 11.0. The molecule has 0 bridgehead atoms. The Morgan fingerprint density at radius 1 is 1.00 bits per heavy atom. The van der Waals surface area contributed by atoms with Crippen molar-refractivity contribution in [2.75, 3.05) is 44.2 Å². The van der Waals surface area contributed by atoms with Crippen LogP contribution in [-0.2, 0) is 26.0 Å². The van der Waals surface area contributed by atoms with E-state index in [9.17, 15) is 18.0 Å². The van der Waals surface area contributed by atoms with Crippen LogP contribution in [0.2, 0.25) is 0 Å². The molecule has 32 heavy (non-hydrogen) atoms. The lowest BCUT2D eigenvalue weighted by molar-refractivity contribution is -0.125. The number of benzene rings is 1. The number of sulfonamides is 1. The third-order valence-electron chi connectivity index (χ3n) is 6.81. The van der Waals surface area contributed by atoms with Gasteiger partial charge in [-0.15, -0.1) is 0 Å². The minimum atomic E-state index is -3.56. The number of nitrogens with zero attached hydrogens (tertiary/aromatic N) is 3. The number of piperidine rings is 2. The summed E-state index contributed by atoms with van der Waals surface area (Å²) in [6.45, 7) is 6.02. The smallest absolute Gasteiger partial charge is 0.243 e. The van der Waals surface area contributed by atoms with E-state index in [4.69, 9.17) is 0 Å². The van der Waals surface area contributed by atoms with Crippen molar-refractivity contribution >= 4 is 27.5 Å². The quantitative estimate of drug-likeness (QED) is 0.696. The molecule has 0 spiro atoms. The van der Waals surface area contributed by atoms with Crippen LogP contribution >= 0.6 is 0 Å². The second kappa shape index (κ2) is 9.89. The van der Waals surface area contributed by atoms with Gasteiger partial charge < -0.3 is 10.2 Å². The average molecular weight is 463 g/mol. The number of hydrogen-bond acceptors (Lipinski definition) is 5. The fourth-order valence-electron chi connectivity index (χ4n) is 5.08. The molecular formula is C23H34N4O4S. The van der Waals surface area contributed by atoms with Gasteiger partial charge in [0.1, 0.15) is 6.04 Å². The van der Waals surface area contributed by atoms with Crippen LogP contribution in [0.15, 0.2) is 23.1 Å². The lowest BCUT2D eigenvalue weighted by atomic mass is 10.1. The van der Waals surface area contributed by atoms with Crippen molar-refractivity contribution in [3.8, 4) is 0 Å². The molecule has 2 saturated heterocycles. The van der Waals surface area contributed by atoms with Crippen molar-refractivity contribution in [1.29, 1.82) is 0 Å². The van der Waals surface area contributed by atoms with Gasteiger partial charge in [-0.2, -0.15) is 4.31 Å². The number of amides is 2. The van der Waals surface area contributed by atoms with Crippen LogP contribution < -0.4 is 10.2 Å². The number of fused-ring (bicyclic) bond motifs is 1. The molecule has 3 heterocycles. The molecular weight excluding hydrogens is 428 g/mol. The van der Waals surface area contributed by atoms with E-state index in [1.807, 2.05) is 0 Å². The van der Waals surface area contributed by atoms with Crippen LogP contribution in [0.4, 0.5) is 5.69 Å². The first-order chi connectivity index (χ1) is 15.4. The maximum absolute atomic E-state index is 13.1. The van der Waals surface area contributed by atoms with Crippen LogP contribution in [0.1, 0.15) is 51.0 Å². The zero-order valence-electron chi connectivity index (χ0n) is 18.9. The summed E-state index contributed by atoms with van der Waals surface area (Å²) >= 11 is 0. The molecule has 8 nitrogen and oxygen atoms in total. The molecule has 176 valence electrons. The van der Waals surface area contributed by atoms with E-state index in [1.54, 1.807) is 22.5 Å². The molecule has 2 amide bonds. The highest BCUT2D eigenvalue weighted by Crippen LogP contribution is 2.35. The van der Waals surface area contributed by atoms with Crippen LogP contribution in [-0.4, -0.2) is 74.7 Å². The first kappa shape index (κ1) is 23.2. The molecule has 1 N–H and O–H groups in total. The third-order valence-corrected chi connectivity index (χ3v) is 8.70. The minimum Gasteiger partial charge on any atom is -0.353 e. The molecule has 1 aromatic rings. The van der Waals surface area contributed by atoms with Crippen molar-refractivity contribution in [3.63, 3.8) is 0 Å². The summed E-state index contributed by atoms with van der Waals surface area (Å²) in [4.78, 5) is 29.4. The average Bonchev–Trinajstić information content (AvgIpc) is 3.19. The number of anilines is 1. The van der Waals surface area contributed by atoms with Crippen LogP contribution in [0.5, 0.6) is 0 Å². The van der Waals surface area contributed by atoms with Gasteiger partial charge in [-0.05, 0) is 62.5 Å². The van der Waals surface area contributed by atoms with Gasteiger partial charge >= 0.3 is 0 Å². The normalized spacial score (nSPS) is 22.5. The lowest BCUT2D eigenvalue weighted by Crippen LogP contribution is -2.49. The summed E-state index contributed by atoms with van der Waals surface area (Å²) in [6, 6.07) is 4.25. The molecule has 9 heteroatoms. The molecule has 1 atom stereocenters. The van der Waals surface area contributed by atoms with Gasteiger partial charge in [0.15, 0.2) is 0 Å². The van der Waals surface area contributed by atoms with Gasteiger partial charge in [0.2, 0.25) is 21.8 Å². The van der Waals surface area contributed by atoms with E-state index in [0.717, 1.165) is 44.5 Å². The van der Waals surface area contributed by atoms with Crippen molar-refractivity contribution in [2.45, 2.75) is 62.8 Å². The molecule has 3 aliphatic heterocycles. The van der Waals surface area contributed by atoms with Crippen molar-refractivity contribution in [3.05, 3.63) is 23.8 Å². The Morgan fingerprint density at radius 3 is 2.31 bits per heavy atom. The summed E-state index contributed by atoms with van der Waals surface area (Å²) in [6.07, 6.45) is 6.81. The monoisotopic (exact) mass is 462 g/mol. The predicted octanol–water partition coefficient (Wildman–Crippen LogP) is 1.74. The van der Waals surface area contributed by atoms with Gasteiger partial charge in [0.25, 0.3) is 0 Å². The number of rotatable bonds is 6. The largest absolute Gasteiger partial charge is 0.353 e. The molecule has 3 aliphatic rings. The molecule has 4 rings (SSSR count). The standard InChI is InChI=1S/C23H34N4O4S/c1-18(28)27-21-9-8-20(32(30,31)26-13-6-3-7-14-26)16-19(21)17-22(27)23(29)24-10-15-25-11-4-2-5-12-25/h8-9,16,22H,2-7,10-15,17H2,1H3,(H,24,29). The lowest BCUT2D eigenvalue weighted by Gasteiger charge is -2.27.